The van der Waals surface area contributed by atoms with Crippen LogP contribution in [0.1, 0.15) is 16.8 Å². The molecule has 1 fully saturated rings. The van der Waals surface area contributed by atoms with Gasteiger partial charge in [-0.3, -0.25) is 4.79 Å². The first kappa shape index (κ1) is 12.1. The van der Waals surface area contributed by atoms with Crippen molar-refractivity contribution in [1.29, 1.82) is 0 Å². The molecule has 0 spiro atoms. The second kappa shape index (κ2) is 5.36. The van der Waals surface area contributed by atoms with Gasteiger partial charge in [-0.05, 0) is 17.5 Å². The molecule has 2 aromatic heterocycles. The van der Waals surface area contributed by atoms with Gasteiger partial charge < -0.3 is 9.64 Å². The summed E-state index contributed by atoms with van der Waals surface area (Å²) in [5, 5.41) is 11.4. The lowest BCUT2D eigenvalue weighted by atomic mass is 10.3. The van der Waals surface area contributed by atoms with E-state index in [1.54, 1.807) is 18.3 Å². The number of hydrogen-bond acceptors (Lipinski definition) is 5. The van der Waals surface area contributed by atoms with E-state index >= 15 is 0 Å². The predicted molar refractivity (Wildman–Crippen MR) is 71.3 cm³/mol. The van der Waals surface area contributed by atoms with Gasteiger partial charge in [-0.15, -0.1) is 5.10 Å². The SMILES string of the molecule is O=C(c1ccsc1)N1CC[C@H](Oc2cccnn2)C1. The summed E-state index contributed by atoms with van der Waals surface area (Å²) in [6, 6.07) is 5.41. The number of carbonyl (C=O) groups is 1. The zero-order valence-electron chi connectivity index (χ0n) is 10.2. The number of hydrogen-bond donors (Lipinski definition) is 0. The fraction of sp³-hybridized carbons (Fsp3) is 0.308. The van der Waals surface area contributed by atoms with Crippen LogP contribution in [0.15, 0.2) is 35.2 Å². The van der Waals surface area contributed by atoms with E-state index in [-0.39, 0.29) is 12.0 Å². The smallest absolute Gasteiger partial charge is 0.254 e. The van der Waals surface area contributed by atoms with Crippen molar-refractivity contribution in [2.75, 3.05) is 13.1 Å². The average Bonchev–Trinajstić information content (AvgIpc) is 3.10. The van der Waals surface area contributed by atoms with Crippen LogP contribution in [0.3, 0.4) is 0 Å². The third-order valence-electron chi connectivity index (χ3n) is 3.04. The highest BCUT2D eigenvalue weighted by atomic mass is 32.1. The van der Waals surface area contributed by atoms with Crippen molar-refractivity contribution in [2.45, 2.75) is 12.5 Å². The Bertz CT molecular complexity index is 544. The molecule has 0 unspecified atom stereocenters. The number of aromatic nitrogens is 2. The average molecular weight is 275 g/mol. The number of rotatable bonds is 3. The standard InChI is InChI=1S/C13H13N3O2S/c17-13(10-4-7-19-9-10)16-6-3-11(8-16)18-12-2-1-5-14-15-12/h1-2,4-5,7,9,11H,3,6,8H2/t11-/m0/s1. The Balaban J connectivity index is 1.60. The Morgan fingerprint density at radius 3 is 3.16 bits per heavy atom. The Hall–Kier alpha value is -1.95. The molecule has 1 aliphatic rings. The summed E-state index contributed by atoms with van der Waals surface area (Å²) in [5.41, 5.74) is 0.755. The Labute approximate surface area is 114 Å². The minimum atomic E-state index is -0.000661. The monoisotopic (exact) mass is 275 g/mol. The second-order valence-corrected chi connectivity index (χ2v) is 5.13. The van der Waals surface area contributed by atoms with E-state index in [1.807, 2.05) is 21.7 Å². The van der Waals surface area contributed by atoms with Gasteiger partial charge in [0.25, 0.3) is 5.91 Å². The molecule has 0 saturated carbocycles. The van der Waals surface area contributed by atoms with Crippen LogP contribution >= 0.6 is 11.3 Å². The normalized spacial score (nSPS) is 18.5. The molecule has 1 atom stereocenters. The zero-order valence-corrected chi connectivity index (χ0v) is 11.0. The Morgan fingerprint density at radius 2 is 2.42 bits per heavy atom. The van der Waals surface area contributed by atoms with E-state index in [0.717, 1.165) is 18.5 Å². The van der Waals surface area contributed by atoms with Crippen LogP contribution in [-0.4, -0.2) is 40.2 Å². The molecule has 0 aromatic carbocycles. The summed E-state index contributed by atoms with van der Waals surface area (Å²) in [6.07, 6.45) is 2.43. The number of ether oxygens (including phenoxy) is 1. The van der Waals surface area contributed by atoms with Crippen molar-refractivity contribution in [1.82, 2.24) is 15.1 Å². The summed E-state index contributed by atoms with van der Waals surface area (Å²) in [4.78, 5) is 14.0. The first-order chi connectivity index (χ1) is 9.33. The van der Waals surface area contributed by atoms with E-state index in [1.165, 1.54) is 11.3 Å². The first-order valence-corrected chi connectivity index (χ1v) is 7.03. The molecule has 6 heteroatoms. The molecular formula is C13H13N3O2S. The fourth-order valence-corrected chi connectivity index (χ4v) is 2.73. The molecule has 1 saturated heterocycles. The van der Waals surface area contributed by atoms with Crippen molar-refractivity contribution in [3.63, 3.8) is 0 Å². The Morgan fingerprint density at radius 1 is 1.47 bits per heavy atom. The maximum atomic E-state index is 12.2. The number of carbonyl (C=O) groups excluding carboxylic acids is 1. The third-order valence-corrected chi connectivity index (χ3v) is 3.72. The van der Waals surface area contributed by atoms with Gasteiger partial charge in [-0.2, -0.15) is 16.4 Å². The molecule has 98 valence electrons. The maximum absolute atomic E-state index is 12.2. The van der Waals surface area contributed by atoms with Crippen LogP contribution in [0.2, 0.25) is 0 Å². The number of amides is 1. The first-order valence-electron chi connectivity index (χ1n) is 6.09. The molecular weight excluding hydrogens is 262 g/mol. The topological polar surface area (TPSA) is 55.3 Å². The quantitative estimate of drug-likeness (QED) is 0.857. The summed E-state index contributed by atoms with van der Waals surface area (Å²) >= 11 is 1.53. The van der Waals surface area contributed by atoms with E-state index < -0.39 is 0 Å². The van der Waals surface area contributed by atoms with Crippen LogP contribution in [0.25, 0.3) is 0 Å². The third kappa shape index (κ3) is 2.73. The molecule has 0 bridgehead atoms. The summed E-state index contributed by atoms with van der Waals surface area (Å²) < 4.78 is 5.71. The molecule has 0 radical (unpaired) electrons. The van der Waals surface area contributed by atoms with Gasteiger partial charge in [0.05, 0.1) is 12.1 Å². The Kier molecular flexibility index (Phi) is 3.41. The fourth-order valence-electron chi connectivity index (χ4n) is 2.10. The lowest BCUT2D eigenvalue weighted by molar-refractivity contribution is 0.0771. The minimum Gasteiger partial charge on any atom is -0.471 e. The van der Waals surface area contributed by atoms with E-state index in [0.29, 0.717) is 12.4 Å². The molecule has 1 aliphatic heterocycles. The van der Waals surface area contributed by atoms with Gasteiger partial charge in [0.2, 0.25) is 5.88 Å². The van der Waals surface area contributed by atoms with Crippen molar-refractivity contribution in [3.05, 3.63) is 40.7 Å². The van der Waals surface area contributed by atoms with Gasteiger partial charge in [0.1, 0.15) is 6.10 Å². The number of nitrogens with zero attached hydrogens (tertiary/aromatic N) is 3. The molecule has 19 heavy (non-hydrogen) atoms. The van der Waals surface area contributed by atoms with Crippen molar-refractivity contribution >= 4 is 17.2 Å². The zero-order chi connectivity index (χ0) is 13.1. The predicted octanol–water partition coefficient (Wildman–Crippen LogP) is 1.83. The molecule has 3 rings (SSSR count). The lowest BCUT2D eigenvalue weighted by Crippen LogP contribution is -2.30. The molecule has 0 aliphatic carbocycles. The number of likely N-dealkylation sites (tertiary alicyclic amines) is 1. The van der Waals surface area contributed by atoms with Crippen LogP contribution in [0.4, 0.5) is 0 Å². The maximum Gasteiger partial charge on any atom is 0.254 e. The molecule has 1 amide bonds. The van der Waals surface area contributed by atoms with Gasteiger partial charge in [0.15, 0.2) is 0 Å². The highest BCUT2D eigenvalue weighted by molar-refractivity contribution is 7.08. The number of thiophene rings is 1. The van der Waals surface area contributed by atoms with Crippen LogP contribution in [0.5, 0.6) is 5.88 Å². The van der Waals surface area contributed by atoms with E-state index in [2.05, 4.69) is 10.2 Å². The van der Waals surface area contributed by atoms with E-state index in [9.17, 15) is 4.79 Å². The van der Waals surface area contributed by atoms with Gasteiger partial charge in [0, 0.05) is 30.6 Å². The summed E-state index contributed by atoms with van der Waals surface area (Å²) in [7, 11) is 0. The van der Waals surface area contributed by atoms with Crippen LogP contribution < -0.4 is 4.74 Å². The molecule has 3 heterocycles. The largest absolute Gasteiger partial charge is 0.471 e. The second-order valence-electron chi connectivity index (χ2n) is 4.35. The van der Waals surface area contributed by atoms with Gasteiger partial charge in [-0.1, -0.05) is 0 Å². The minimum absolute atomic E-state index is 0.000661. The van der Waals surface area contributed by atoms with Gasteiger partial charge >= 0.3 is 0 Å². The van der Waals surface area contributed by atoms with E-state index in [4.69, 9.17) is 4.74 Å². The van der Waals surface area contributed by atoms with Crippen molar-refractivity contribution in [2.24, 2.45) is 0 Å². The summed E-state index contributed by atoms with van der Waals surface area (Å²) in [6.45, 7) is 1.32. The molecule has 2 aromatic rings. The van der Waals surface area contributed by atoms with Crippen LogP contribution in [-0.2, 0) is 0 Å². The van der Waals surface area contributed by atoms with Crippen molar-refractivity contribution < 1.29 is 9.53 Å². The summed E-state index contributed by atoms with van der Waals surface area (Å²) in [5.74, 6) is 0.587. The van der Waals surface area contributed by atoms with Crippen molar-refractivity contribution in [3.8, 4) is 5.88 Å². The molecule has 5 nitrogen and oxygen atoms in total. The molecule has 0 N–H and O–H groups in total. The van der Waals surface area contributed by atoms with Gasteiger partial charge in [-0.25, -0.2) is 0 Å². The highest BCUT2D eigenvalue weighted by Crippen LogP contribution is 2.18. The highest BCUT2D eigenvalue weighted by Gasteiger charge is 2.28. The van der Waals surface area contributed by atoms with Crippen LogP contribution in [0, 0.1) is 0 Å². The lowest BCUT2D eigenvalue weighted by Gasteiger charge is -2.16.